The normalized spacial score (nSPS) is 41.9. The maximum atomic E-state index is 5.28. The van der Waals surface area contributed by atoms with Crippen LogP contribution in [0.3, 0.4) is 0 Å². The van der Waals surface area contributed by atoms with Crippen molar-refractivity contribution in [2.75, 3.05) is 7.11 Å². The summed E-state index contributed by atoms with van der Waals surface area (Å²) in [5.74, 6) is 0.690. The fraction of sp³-hybridized carbons (Fsp3) is 0.750. The maximum absolute atomic E-state index is 5.28. The van der Waals surface area contributed by atoms with Gasteiger partial charge in [-0.05, 0) is 19.3 Å². The molecule has 0 radical (unpaired) electrons. The van der Waals surface area contributed by atoms with Gasteiger partial charge >= 0.3 is 0 Å². The number of allylic oxidation sites excluding steroid dienone is 1. The molecular formula is C8H14O. The van der Waals surface area contributed by atoms with Gasteiger partial charge in [0, 0.05) is 7.11 Å². The third-order valence-corrected chi connectivity index (χ3v) is 1.97. The summed E-state index contributed by atoms with van der Waals surface area (Å²) in [6.07, 6.45) is 5.49. The van der Waals surface area contributed by atoms with Crippen molar-refractivity contribution in [2.24, 2.45) is 5.92 Å². The Labute approximate surface area is 56.7 Å². The van der Waals surface area contributed by atoms with E-state index in [1.54, 1.807) is 7.11 Å². The van der Waals surface area contributed by atoms with Crippen LogP contribution in [0.2, 0.25) is 0 Å². The maximum Gasteiger partial charge on any atom is 0.0836 e. The molecule has 0 aromatic rings. The summed E-state index contributed by atoms with van der Waals surface area (Å²) in [7, 11) is 1.77. The minimum absolute atomic E-state index is 0.0272. The van der Waals surface area contributed by atoms with Crippen LogP contribution in [0.15, 0.2) is 12.2 Å². The number of ether oxygens (including phenoxy) is 1. The summed E-state index contributed by atoms with van der Waals surface area (Å²) in [6.45, 7) is 4.33. The molecule has 0 heterocycles. The fourth-order valence-corrected chi connectivity index (χ4v) is 1.29. The first-order valence-electron chi connectivity index (χ1n) is 3.41. The molecule has 1 rings (SSSR count). The van der Waals surface area contributed by atoms with Gasteiger partial charge in [0.15, 0.2) is 0 Å². The van der Waals surface area contributed by atoms with Gasteiger partial charge in [-0.1, -0.05) is 19.1 Å². The molecule has 0 spiro atoms. The summed E-state index contributed by atoms with van der Waals surface area (Å²) in [5, 5.41) is 0. The van der Waals surface area contributed by atoms with Crippen LogP contribution in [0.25, 0.3) is 0 Å². The van der Waals surface area contributed by atoms with Gasteiger partial charge in [-0.3, -0.25) is 0 Å². The van der Waals surface area contributed by atoms with E-state index in [-0.39, 0.29) is 5.60 Å². The van der Waals surface area contributed by atoms with Crippen molar-refractivity contribution in [2.45, 2.75) is 25.9 Å². The van der Waals surface area contributed by atoms with Crippen molar-refractivity contribution in [3.63, 3.8) is 0 Å². The highest BCUT2D eigenvalue weighted by atomic mass is 16.5. The standard InChI is InChI=1S/C8H14O/c1-7-4-5-8(2,6-7)9-3/h4-5,7H,6H2,1-3H3. The smallest absolute Gasteiger partial charge is 0.0836 e. The Morgan fingerprint density at radius 1 is 1.67 bits per heavy atom. The van der Waals surface area contributed by atoms with E-state index in [9.17, 15) is 0 Å². The lowest BCUT2D eigenvalue weighted by atomic mass is 10.0. The Morgan fingerprint density at radius 3 is 2.56 bits per heavy atom. The Balaban J connectivity index is 2.57. The van der Waals surface area contributed by atoms with E-state index in [0.29, 0.717) is 5.92 Å². The second-order valence-electron chi connectivity index (χ2n) is 3.06. The van der Waals surface area contributed by atoms with Crippen molar-refractivity contribution in [3.8, 4) is 0 Å². The second kappa shape index (κ2) is 2.14. The van der Waals surface area contributed by atoms with Crippen molar-refractivity contribution < 1.29 is 4.74 Å². The van der Waals surface area contributed by atoms with E-state index >= 15 is 0 Å². The SMILES string of the molecule is COC1(C)C=CC(C)C1. The van der Waals surface area contributed by atoms with Gasteiger partial charge in [0.2, 0.25) is 0 Å². The van der Waals surface area contributed by atoms with E-state index in [0.717, 1.165) is 6.42 Å². The molecule has 0 aromatic heterocycles. The number of methoxy groups -OCH3 is 1. The lowest BCUT2D eigenvalue weighted by molar-refractivity contribution is 0.0428. The molecule has 0 saturated heterocycles. The van der Waals surface area contributed by atoms with Gasteiger partial charge in [-0.25, -0.2) is 0 Å². The number of hydrogen-bond acceptors (Lipinski definition) is 1. The van der Waals surface area contributed by atoms with Crippen LogP contribution in [-0.4, -0.2) is 12.7 Å². The molecule has 0 fully saturated rings. The average molecular weight is 126 g/mol. The van der Waals surface area contributed by atoms with Crippen molar-refractivity contribution in [3.05, 3.63) is 12.2 Å². The molecule has 0 saturated carbocycles. The van der Waals surface area contributed by atoms with E-state index in [2.05, 4.69) is 26.0 Å². The minimum Gasteiger partial charge on any atom is -0.374 e. The molecule has 0 amide bonds. The fourth-order valence-electron chi connectivity index (χ4n) is 1.29. The molecule has 1 heteroatoms. The first kappa shape index (κ1) is 6.81. The monoisotopic (exact) mass is 126 g/mol. The Kier molecular flexibility index (Phi) is 1.62. The largest absolute Gasteiger partial charge is 0.374 e. The minimum atomic E-state index is 0.0272. The van der Waals surface area contributed by atoms with Gasteiger partial charge in [-0.2, -0.15) is 0 Å². The lowest BCUT2D eigenvalue weighted by Gasteiger charge is -2.20. The summed E-state index contributed by atoms with van der Waals surface area (Å²) < 4.78 is 5.28. The molecule has 9 heavy (non-hydrogen) atoms. The highest BCUT2D eigenvalue weighted by Gasteiger charge is 2.26. The average Bonchev–Trinajstić information content (AvgIpc) is 2.13. The summed E-state index contributed by atoms with van der Waals surface area (Å²) in [6, 6.07) is 0. The topological polar surface area (TPSA) is 9.23 Å². The Hall–Kier alpha value is -0.300. The van der Waals surface area contributed by atoms with E-state index < -0.39 is 0 Å². The highest BCUT2D eigenvalue weighted by Crippen LogP contribution is 2.29. The third kappa shape index (κ3) is 1.33. The Bertz CT molecular complexity index is 129. The van der Waals surface area contributed by atoms with Crippen LogP contribution in [0.1, 0.15) is 20.3 Å². The van der Waals surface area contributed by atoms with Crippen molar-refractivity contribution >= 4 is 0 Å². The van der Waals surface area contributed by atoms with Gasteiger partial charge in [0.25, 0.3) is 0 Å². The predicted molar refractivity (Wildman–Crippen MR) is 38.3 cm³/mol. The second-order valence-corrected chi connectivity index (χ2v) is 3.06. The number of hydrogen-bond donors (Lipinski definition) is 0. The molecule has 0 aliphatic heterocycles. The molecule has 1 aliphatic carbocycles. The summed E-state index contributed by atoms with van der Waals surface area (Å²) >= 11 is 0. The molecule has 2 atom stereocenters. The molecule has 1 aliphatic rings. The molecule has 1 nitrogen and oxygen atoms in total. The predicted octanol–water partition coefficient (Wildman–Crippen LogP) is 1.99. The number of rotatable bonds is 1. The zero-order valence-corrected chi connectivity index (χ0v) is 6.35. The molecule has 0 N–H and O–H groups in total. The van der Waals surface area contributed by atoms with Crippen LogP contribution in [0.4, 0.5) is 0 Å². The quantitative estimate of drug-likeness (QED) is 0.488. The molecule has 0 aromatic carbocycles. The van der Waals surface area contributed by atoms with E-state index in [1.165, 1.54) is 0 Å². The van der Waals surface area contributed by atoms with E-state index in [1.807, 2.05) is 0 Å². The van der Waals surface area contributed by atoms with Crippen LogP contribution in [-0.2, 0) is 4.74 Å². The third-order valence-electron chi connectivity index (χ3n) is 1.97. The first-order chi connectivity index (χ1) is 4.16. The molecule has 52 valence electrons. The van der Waals surface area contributed by atoms with Crippen LogP contribution < -0.4 is 0 Å². The van der Waals surface area contributed by atoms with Gasteiger partial charge < -0.3 is 4.74 Å². The van der Waals surface area contributed by atoms with E-state index in [4.69, 9.17) is 4.74 Å². The van der Waals surface area contributed by atoms with Gasteiger partial charge in [0.05, 0.1) is 5.60 Å². The van der Waals surface area contributed by atoms with Crippen molar-refractivity contribution in [1.82, 2.24) is 0 Å². The zero-order chi connectivity index (χ0) is 6.91. The van der Waals surface area contributed by atoms with Crippen LogP contribution in [0, 0.1) is 5.92 Å². The van der Waals surface area contributed by atoms with Gasteiger partial charge in [-0.15, -0.1) is 0 Å². The molecule has 0 bridgehead atoms. The summed E-state index contributed by atoms with van der Waals surface area (Å²) in [4.78, 5) is 0. The van der Waals surface area contributed by atoms with Gasteiger partial charge in [0.1, 0.15) is 0 Å². The molecular weight excluding hydrogens is 112 g/mol. The summed E-state index contributed by atoms with van der Waals surface area (Å²) in [5.41, 5.74) is 0.0272. The Morgan fingerprint density at radius 2 is 2.33 bits per heavy atom. The molecule has 2 unspecified atom stereocenters. The van der Waals surface area contributed by atoms with Crippen LogP contribution >= 0.6 is 0 Å². The first-order valence-corrected chi connectivity index (χ1v) is 3.41. The van der Waals surface area contributed by atoms with Crippen LogP contribution in [0.5, 0.6) is 0 Å². The lowest BCUT2D eigenvalue weighted by Crippen LogP contribution is -2.21. The van der Waals surface area contributed by atoms with Crippen molar-refractivity contribution in [1.29, 1.82) is 0 Å². The zero-order valence-electron chi connectivity index (χ0n) is 6.35. The highest BCUT2D eigenvalue weighted by molar-refractivity contribution is 5.09.